The largest absolute Gasteiger partial charge is 0.508 e. The van der Waals surface area contributed by atoms with Crippen LogP contribution in [0.15, 0.2) is 18.2 Å². The zero-order valence-electron chi connectivity index (χ0n) is 25.9. The molecule has 1 amide bonds. The number of benzene rings is 1. The second-order valence-electron chi connectivity index (χ2n) is 14.6. The van der Waals surface area contributed by atoms with Gasteiger partial charge in [-0.05, 0) is 111 Å². The zero-order chi connectivity index (χ0) is 28.4. The summed E-state index contributed by atoms with van der Waals surface area (Å²) in [5, 5.41) is 22.0. The van der Waals surface area contributed by atoms with E-state index in [9.17, 15) is 15.0 Å². The smallest absolute Gasteiger partial charge is 0.222 e. The third-order valence-electron chi connectivity index (χ3n) is 12.6. The van der Waals surface area contributed by atoms with Crippen LogP contribution in [-0.4, -0.2) is 40.2 Å². The molecule has 2 bridgehead atoms. The van der Waals surface area contributed by atoms with Crippen LogP contribution < -0.4 is 0 Å². The van der Waals surface area contributed by atoms with E-state index < -0.39 is 5.60 Å². The second-order valence-corrected chi connectivity index (χ2v) is 14.6. The van der Waals surface area contributed by atoms with E-state index in [1.807, 2.05) is 18.0 Å². The Balaban J connectivity index is 1.09. The topological polar surface area (TPSA) is 60.8 Å². The Morgan fingerprint density at radius 3 is 2.33 bits per heavy atom. The third-order valence-corrected chi connectivity index (χ3v) is 12.6. The molecule has 0 saturated heterocycles. The van der Waals surface area contributed by atoms with Gasteiger partial charge in [0, 0.05) is 25.4 Å². The molecule has 1 aromatic rings. The van der Waals surface area contributed by atoms with E-state index in [1.54, 1.807) is 0 Å². The highest BCUT2D eigenvalue weighted by atomic mass is 16.3. The number of hydrogen-bond acceptors (Lipinski definition) is 3. The fraction of sp³-hybridized carbons (Fsp3) is 0.806. The molecule has 0 radical (unpaired) electrons. The van der Waals surface area contributed by atoms with E-state index in [1.165, 1.54) is 81.8 Å². The lowest BCUT2D eigenvalue weighted by atomic mass is 9.45. The first-order chi connectivity index (χ1) is 19.2. The number of phenols is 1. The van der Waals surface area contributed by atoms with Crippen LogP contribution in [0.3, 0.4) is 0 Å². The van der Waals surface area contributed by atoms with Crippen molar-refractivity contribution < 1.29 is 15.0 Å². The van der Waals surface area contributed by atoms with Gasteiger partial charge in [-0.2, -0.15) is 0 Å². The van der Waals surface area contributed by atoms with Crippen molar-refractivity contribution in [2.24, 2.45) is 22.7 Å². The van der Waals surface area contributed by atoms with E-state index in [0.717, 1.165) is 51.5 Å². The Morgan fingerprint density at radius 2 is 1.62 bits per heavy atom. The Bertz CT molecular complexity index is 1010. The molecule has 5 rings (SSSR count). The van der Waals surface area contributed by atoms with Crippen LogP contribution in [0.2, 0.25) is 0 Å². The highest BCUT2D eigenvalue weighted by Gasteiger charge is 2.74. The maximum atomic E-state index is 12.2. The molecule has 0 aliphatic heterocycles. The van der Waals surface area contributed by atoms with Crippen LogP contribution in [-0.2, 0) is 11.2 Å². The van der Waals surface area contributed by atoms with Crippen molar-refractivity contribution in [1.29, 1.82) is 0 Å². The molecule has 4 nitrogen and oxygen atoms in total. The summed E-state index contributed by atoms with van der Waals surface area (Å²) in [6.45, 7) is 5.52. The number of unbranched alkanes of at least 4 members (excludes halogenated alkanes) is 8. The predicted octanol–water partition coefficient (Wildman–Crippen LogP) is 8.53. The van der Waals surface area contributed by atoms with Crippen molar-refractivity contribution in [3.8, 4) is 5.75 Å². The molecule has 0 spiro atoms. The normalized spacial score (nSPS) is 33.9. The first kappa shape index (κ1) is 29.9. The summed E-state index contributed by atoms with van der Waals surface area (Å²) in [6.07, 6.45) is 22.1. The van der Waals surface area contributed by atoms with Crippen molar-refractivity contribution in [2.75, 3.05) is 13.6 Å². The van der Waals surface area contributed by atoms with Gasteiger partial charge in [-0.3, -0.25) is 4.79 Å². The van der Waals surface area contributed by atoms with E-state index in [-0.39, 0.29) is 5.41 Å². The molecule has 0 heterocycles. The Labute approximate surface area is 244 Å². The SMILES string of the molecule is CCCCN(C)C(=O)CCCCCCCCCC[C@@H]1Cc2cc(O)ccc2C2CC[C@]3(C)C4(O)CCC3(CC4)C21. The zero-order valence-corrected chi connectivity index (χ0v) is 25.9. The summed E-state index contributed by atoms with van der Waals surface area (Å²) in [5.41, 5.74) is 2.86. The first-order valence-electron chi connectivity index (χ1n) is 17.0. The van der Waals surface area contributed by atoms with Crippen molar-refractivity contribution >= 4 is 5.91 Å². The molecule has 1 aromatic carbocycles. The van der Waals surface area contributed by atoms with E-state index in [4.69, 9.17) is 0 Å². The van der Waals surface area contributed by atoms with Gasteiger partial charge in [-0.15, -0.1) is 0 Å². The number of amides is 1. The fourth-order valence-electron chi connectivity index (χ4n) is 10.3. The fourth-order valence-corrected chi connectivity index (χ4v) is 10.3. The van der Waals surface area contributed by atoms with Crippen LogP contribution in [0.1, 0.15) is 146 Å². The average Bonchev–Trinajstić information content (AvgIpc) is 3.32. The minimum absolute atomic E-state index is 0.0867. The molecule has 224 valence electrons. The molecular formula is C36H57NO3. The summed E-state index contributed by atoms with van der Waals surface area (Å²) in [4.78, 5) is 14.1. The number of fused-ring (bicyclic) bond motifs is 3. The van der Waals surface area contributed by atoms with Crippen LogP contribution in [0.4, 0.5) is 0 Å². The molecule has 3 fully saturated rings. The number of nitrogens with zero attached hydrogens (tertiary/aromatic N) is 1. The first-order valence-corrected chi connectivity index (χ1v) is 17.0. The van der Waals surface area contributed by atoms with Gasteiger partial charge in [-0.1, -0.05) is 71.3 Å². The standard InChI is InChI=1S/C36H57NO3/c1-4-5-24-37(3)32(39)15-13-11-9-7-6-8-10-12-14-27-25-28-26-29(38)16-17-30(28)31-18-19-34(2)35(33(27)31)20-22-36(34,40)23-21-35/h16-17,26-27,31,33,38,40H,4-15,18-25H2,1-3H3/t27-,31?,33?,34+,35?,36?/m1/s1. The minimum Gasteiger partial charge on any atom is -0.508 e. The van der Waals surface area contributed by atoms with Gasteiger partial charge in [0.15, 0.2) is 0 Å². The second kappa shape index (κ2) is 12.4. The number of rotatable bonds is 14. The highest BCUT2D eigenvalue weighted by molar-refractivity contribution is 5.75. The summed E-state index contributed by atoms with van der Waals surface area (Å²) in [7, 11) is 1.95. The van der Waals surface area contributed by atoms with Gasteiger partial charge in [0.2, 0.25) is 5.91 Å². The third kappa shape index (κ3) is 5.36. The van der Waals surface area contributed by atoms with Crippen molar-refractivity contribution in [1.82, 2.24) is 4.90 Å². The number of aromatic hydroxyl groups is 1. The maximum absolute atomic E-state index is 12.2. The summed E-state index contributed by atoms with van der Waals surface area (Å²) in [5.74, 6) is 2.68. The monoisotopic (exact) mass is 551 g/mol. The summed E-state index contributed by atoms with van der Waals surface area (Å²) < 4.78 is 0. The van der Waals surface area contributed by atoms with Gasteiger partial charge in [0.05, 0.1) is 5.60 Å². The minimum atomic E-state index is -0.435. The van der Waals surface area contributed by atoms with Gasteiger partial charge in [-0.25, -0.2) is 0 Å². The van der Waals surface area contributed by atoms with Crippen molar-refractivity contribution in [3.05, 3.63) is 29.3 Å². The number of carbonyl (C=O) groups excluding carboxylic acids is 1. The molecule has 0 aromatic heterocycles. The lowest BCUT2D eigenvalue weighted by Gasteiger charge is -2.59. The van der Waals surface area contributed by atoms with Gasteiger partial charge < -0.3 is 15.1 Å². The summed E-state index contributed by atoms with van der Waals surface area (Å²) >= 11 is 0. The number of hydrogen-bond donors (Lipinski definition) is 2. The Morgan fingerprint density at radius 1 is 0.950 bits per heavy atom. The van der Waals surface area contributed by atoms with Crippen molar-refractivity contribution in [2.45, 2.75) is 147 Å². The number of carbonyl (C=O) groups is 1. The molecular weight excluding hydrogens is 494 g/mol. The highest BCUT2D eigenvalue weighted by Crippen LogP contribution is 2.78. The molecule has 4 aliphatic rings. The molecule has 40 heavy (non-hydrogen) atoms. The predicted molar refractivity (Wildman–Crippen MR) is 163 cm³/mol. The van der Waals surface area contributed by atoms with E-state index in [2.05, 4.69) is 26.0 Å². The molecule has 4 atom stereocenters. The molecule has 2 N–H and O–H groups in total. The van der Waals surface area contributed by atoms with Crippen LogP contribution >= 0.6 is 0 Å². The number of aliphatic hydroxyl groups is 1. The van der Waals surface area contributed by atoms with Gasteiger partial charge >= 0.3 is 0 Å². The van der Waals surface area contributed by atoms with Gasteiger partial charge in [0.1, 0.15) is 5.75 Å². The van der Waals surface area contributed by atoms with Crippen LogP contribution in [0.25, 0.3) is 0 Å². The lowest BCUT2D eigenvalue weighted by Crippen LogP contribution is -2.54. The molecule has 4 aliphatic carbocycles. The van der Waals surface area contributed by atoms with Gasteiger partial charge in [0.25, 0.3) is 0 Å². The molecule has 4 heteroatoms. The summed E-state index contributed by atoms with van der Waals surface area (Å²) in [6, 6.07) is 6.19. The van der Waals surface area contributed by atoms with Crippen LogP contribution in [0, 0.1) is 22.7 Å². The molecule has 2 unspecified atom stereocenters. The quantitative estimate of drug-likeness (QED) is 0.228. The average molecular weight is 552 g/mol. The molecule has 3 saturated carbocycles. The van der Waals surface area contributed by atoms with E-state index in [0.29, 0.717) is 41.2 Å². The Hall–Kier alpha value is -1.55. The maximum Gasteiger partial charge on any atom is 0.222 e. The van der Waals surface area contributed by atoms with Crippen molar-refractivity contribution in [3.63, 3.8) is 0 Å². The lowest BCUT2D eigenvalue weighted by molar-refractivity contribution is -0.130. The number of phenolic OH excluding ortho intramolecular Hbond substituents is 1. The van der Waals surface area contributed by atoms with E-state index >= 15 is 0 Å². The Kier molecular flexibility index (Phi) is 9.25. The van der Waals surface area contributed by atoms with Crippen LogP contribution in [0.5, 0.6) is 5.75 Å².